The van der Waals surface area contributed by atoms with Gasteiger partial charge in [-0.05, 0) is 19.3 Å². The molecular weight excluding hydrogens is 338 g/mol. The summed E-state index contributed by atoms with van der Waals surface area (Å²) in [5.74, 6) is 0.266. The third-order valence-corrected chi connectivity index (χ3v) is 6.18. The molecule has 1 aliphatic carbocycles. The van der Waals surface area contributed by atoms with Crippen molar-refractivity contribution in [1.82, 2.24) is 14.0 Å². The standard InChI is InChI=1S/C17H23N5O2S/c1-3-8-21-14(18)13(15(23)20(2)17(21)24)12-9-25-16-19-10-6-4-5-7-11(10)22(12)16/h9-11H,3-8,18H2,1-2H3/t10-,11+/m0/s1. The fourth-order valence-electron chi connectivity index (χ4n) is 4.07. The second-order valence-corrected chi connectivity index (χ2v) is 7.72. The van der Waals surface area contributed by atoms with Gasteiger partial charge in [0.15, 0.2) is 5.17 Å². The third-order valence-electron chi connectivity index (χ3n) is 5.33. The first kappa shape index (κ1) is 16.5. The highest BCUT2D eigenvalue weighted by Gasteiger charge is 2.43. The van der Waals surface area contributed by atoms with Gasteiger partial charge in [-0.25, -0.2) is 4.79 Å². The number of hydrogen-bond acceptors (Lipinski definition) is 6. The average Bonchev–Trinajstić information content (AvgIpc) is 3.17. The predicted octanol–water partition coefficient (Wildman–Crippen LogP) is 1.57. The smallest absolute Gasteiger partial charge is 0.332 e. The summed E-state index contributed by atoms with van der Waals surface area (Å²) in [5, 5.41) is 2.92. The zero-order chi connectivity index (χ0) is 17.7. The zero-order valence-corrected chi connectivity index (χ0v) is 15.4. The lowest BCUT2D eigenvalue weighted by molar-refractivity contribution is 0.305. The molecule has 2 atom stereocenters. The normalized spacial score (nSPS) is 24.8. The van der Waals surface area contributed by atoms with Crippen molar-refractivity contribution in [2.24, 2.45) is 12.0 Å². The third kappa shape index (κ3) is 2.38. The van der Waals surface area contributed by atoms with Crippen molar-refractivity contribution >= 4 is 28.4 Å². The summed E-state index contributed by atoms with van der Waals surface area (Å²) >= 11 is 1.55. The van der Waals surface area contributed by atoms with Crippen molar-refractivity contribution in [3.63, 3.8) is 0 Å². The Kier molecular flexibility index (Phi) is 4.02. The number of aliphatic imine (C=N–C) groups is 1. The van der Waals surface area contributed by atoms with E-state index in [9.17, 15) is 9.59 Å². The van der Waals surface area contributed by atoms with Crippen LogP contribution in [-0.4, -0.2) is 31.3 Å². The summed E-state index contributed by atoms with van der Waals surface area (Å²) < 4.78 is 2.67. The van der Waals surface area contributed by atoms with Crippen molar-refractivity contribution in [1.29, 1.82) is 0 Å². The van der Waals surface area contributed by atoms with E-state index in [1.165, 1.54) is 24.5 Å². The minimum Gasteiger partial charge on any atom is -0.384 e. The summed E-state index contributed by atoms with van der Waals surface area (Å²) in [5.41, 5.74) is 6.85. The fraction of sp³-hybridized carbons (Fsp3) is 0.588. The van der Waals surface area contributed by atoms with Crippen LogP contribution in [0.15, 0.2) is 20.0 Å². The Morgan fingerprint density at radius 3 is 2.84 bits per heavy atom. The number of nitrogen functional groups attached to an aromatic ring is 1. The van der Waals surface area contributed by atoms with Crippen molar-refractivity contribution in [2.45, 2.75) is 57.7 Å². The van der Waals surface area contributed by atoms with E-state index in [2.05, 4.69) is 4.90 Å². The second-order valence-electron chi connectivity index (χ2n) is 6.88. The largest absolute Gasteiger partial charge is 0.384 e. The van der Waals surface area contributed by atoms with Crippen LogP contribution >= 0.6 is 11.8 Å². The molecule has 0 spiro atoms. The van der Waals surface area contributed by atoms with E-state index >= 15 is 0 Å². The van der Waals surface area contributed by atoms with Gasteiger partial charge in [-0.2, -0.15) is 0 Å². The summed E-state index contributed by atoms with van der Waals surface area (Å²) in [7, 11) is 1.52. The number of thioether (sulfide) groups is 1. The Balaban J connectivity index is 1.84. The number of aromatic nitrogens is 2. The lowest BCUT2D eigenvalue weighted by atomic mass is 9.90. The molecule has 1 fully saturated rings. The molecule has 0 unspecified atom stereocenters. The molecule has 2 aliphatic heterocycles. The monoisotopic (exact) mass is 361 g/mol. The van der Waals surface area contributed by atoms with Crippen LogP contribution in [0.25, 0.3) is 5.70 Å². The molecule has 134 valence electrons. The molecule has 0 amide bonds. The molecule has 3 aliphatic rings. The van der Waals surface area contributed by atoms with Gasteiger partial charge in [-0.1, -0.05) is 31.5 Å². The lowest BCUT2D eigenvalue weighted by Crippen LogP contribution is -2.44. The lowest BCUT2D eigenvalue weighted by Gasteiger charge is -2.32. The first-order valence-electron chi connectivity index (χ1n) is 8.88. The number of nitrogens with zero attached hydrogens (tertiary/aromatic N) is 4. The number of hydrogen-bond donors (Lipinski definition) is 1. The molecule has 7 nitrogen and oxygen atoms in total. The van der Waals surface area contributed by atoms with Gasteiger partial charge >= 0.3 is 5.69 Å². The molecule has 3 heterocycles. The van der Waals surface area contributed by atoms with Crippen molar-refractivity contribution in [2.75, 3.05) is 5.73 Å². The molecule has 0 aromatic carbocycles. The molecule has 0 radical (unpaired) electrons. The van der Waals surface area contributed by atoms with Crippen LogP contribution in [0.3, 0.4) is 0 Å². The van der Waals surface area contributed by atoms with Crippen LogP contribution in [-0.2, 0) is 13.6 Å². The van der Waals surface area contributed by atoms with E-state index in [-0.39, 0.29) is 17.1 Å². The van der Waals surface area contributed by atoms with Gasteiger partial charge in [-0.3, -0.25) is 18.9 Å². The van der Waals surface area contributed by atoms with Crippen LogP contribution in [0.4, 0.5) is 5.82 Å². The quantitative estimate of drug-likeness (QED) is 0.883. The number of rotatable bonds is 3. The Labute approximate surface area is 150 Å². The van der Waals surface area contributed by atoms with Crippen LogP contribution in [0.2, 0.25) is 0 Å². The highest BCUT2D eigenvalue weighted by atomic mass is 32.2. The van der Waals surface area contributed by atoms with Crippen molar-refractivity contribution in [3.05, 3.63) is 31.8 Å². The van der Waals surface area contributed by atoms with E-state index < -0.39 is 0 Å². The van der Waals surface area contributed by atoms with Gasteiger partial charge in [0, 0.05) is 19.0 Å². The average molecular weight is 361 g/mol. The molecule has 0 saturated heterocycles. The van der Waals surface area contributed by atoms with Crippen LogP contribution in [0.1, 0.15) is 44.6 Å². The number of nitrogens with two attached hydrogens (primary N) is 1. The van der Waals surface area contributed by atoms with Crippen molar-refractivity contribution in [3.8, 4) is 0 Å². The van der Waals surface area contributed by atoms with Crippen molar-refractivity contribution < 1.29 is 0 Å². The Morgan fingerprint density at radius 2 is 2.08 bits per heavy atom. The summed E-state index contributed by atoms with van der Waals surface area (Å²) in [6.45, 7) is 2.48. The first-order valence-corrected chi connectivity index (χ1v) is 9.76. The van der Waals surface area contributed by atoms with E-state index in [4.69, 9.17) is 10.7 Å². The van der Waals surface area contributed by atoms with Gasteiger partial charge in [0.25, 0.3) is 5.56 Å². The molecule has 1 aromatic rings. The molecule has 2 N–H and O–H groups in total. The van der Waals surface area contributed by atoms with Gasteiger partial charge < -0.3 is 10.6 Å². The van der Waals surface area contributed by atoms with E-state index in [1.54, 1.807) is 11.8 Å². The topological polar surface area (TPSA) is 85.6 Å². The maximum atomic E-state index is 12.9. The highest BCUT2D eigenvalue weighted by Crippen LogP contribution is 2.44. The zero-order valence-electron chi connectivity index (χ0n) is 14.6. The first-order chi connectivity index (χ1) is 12.0. The molecular formula is C17H23N5O2S. The second kappa shape index (κ2) is 6.09. The summed E-state index contributed by atoms with van der Waals surface area (Å²) in [6, 6.07) is 0.618. The van der Waals surface area contributed by atoms with Gasteiger partial charge in [0.2, 0.25) is 0 Å². The fourth-order valence-corrected chi connectivity index (χ4v) is 5.06. The molecule has 8 heteroatoms. The van der Waals surface area contributed by atoms with E-state index in [0.29, 0.717) is 24.2 Å². The van der Waals surface area contributed by atoms with Gasteiger partial charge in [-0.15, -0.1) is 0 Å². The van der Waals surface area contributed by atoms with E-state index in [1.807, 2.05) is 12.3 Å². The van der Waals surface area contributed by atoms with Gasteiger partial charge in [0.05, 0.1) is 17.8 Å². The minimum absolute atomic E-state index is 0.266. The molecule has 0 bridgehead atoms. The van der Waals surface area contributed by atoms with Gasteiger partial charge in [0.1, 0.15) is 11.4 Å². The summed E-state index contributed by atoms with van der Waals surface area (Å²) in [4.78, 5) is 32.3. The highest BCUT2D eigenvalue weighted by molar-refractivity contribution is 8.16. The Bertz CT molecular complexity index is 898. The van der Waals surface area contributed by atoms with Crippen LogP contribution in [0, 0.1) is 0 Å². The number of amidine groups is 1. The Morgan fingerprint density at radius 1 is 1.32 bits per heavy atom. The van der Waals surface area contributed by atoms with E-state index in [0.717, 1.165) is 34.7 Å². The molecule has 1 aromatic heterocycles. The van der Waals surface area contributed by atoms with Crippen LogP contribution in [0.5, 0.6) is 0 Å². The molecule has 25 heavy (non-hydrogen) atoms. The Hall–Kier alpha value is -1.96. The maximum Gasteiger partial charge on any atom is 0.332 e. The SMILES string of the molecule is CCCn1c(N)c(C2=CSC3=N[C@H]4CCCC[C@H]4N23)c(=O)n(C)c1=O. The summed E-state index contributed by atoms with van der Waals surface area (Å²) in [6.07, 6.45) is 5.34. The maximum absolute atomic E-state index is 12.9. The minimum atomic E-state index is -0.356. The predicted molar refractivity (Wildman–Crippen MR) is 102 cm³/mol. The number of anilines is 1. The molecule has 1 saturated carbocycles. The van der Waals surface area contributed by atoms with Crippen LogP contribution < -0.4 is 17.0 Å². The molecule has 4 rings (SSSR count). The number of fused-ring (bicyclic) bond motifs is 3.